The van der Waals surface area contributed by atoms with E-state index >= 15 is 0 Å². The number of benzene rings is 1. The van der Waals surface area contributed by atoms with Crippen molar-refractivity contribution >= 4 is 17.6 Å². The third kappa shape index (κ3) is 3.71. The second-order valence-electron chi connectivity index (χ2n) is 5.70. The van der Waals surface area contributed by atoms with Crippen LogP contribution in [0.1, 0.15) is 36.7 Å². The van der Waals surface area contributed by atoms with E-state index < -0.39 is 23.3 Å². The maximum atomic E-state index is 12.1. The molecule has 1 unspecified atom stereocenters. The average Bonchev–Trinajstić information content (AvgIpc) is 2.26. The highest BCUT2D eigenvalue weighted by Crippen LogP contribution is 2.21. The van der Waals surface area contributed by atoms with Crippen LogP contribution in [0.2, 0.25) is 0 Å². The van der Waals surface area contributed by atoms with Crippen LogP contribution in [0.4, 0.5) is 5.69 Å². The van der Waals surface area contributed by atoms with Gasteiger partial charge in [-0.3, -0.25) is 4.79 Å². The summed E-state index contributed by atoms with van der Waals surface area (Å²) < 4.78 is 0. The van der Waals surface area contributed by atoms with E-state index in [9.17, 15) is 14.7 Å². The summed E-state index contributed by atoms with van der Waals surface area (Å²) in [5, 5.41) is 11.7. The molecule has 0 bridgehead atoms. The van der Waals surface area contributed by atoms with Crippen molar-refractivity contribution in [3.05, 3.63) is 29.3 Å². The maximum absolute atomic E-state index is 12.1. The molecule has 1 amide bonds. The molecule has 1 rings (SSSR count). The van der Waals surface area contributed by atoms with Gasteiger partial charge in [-0.05, 0) is 24.5 Å². The lowest BCUT2D eigenvalue weighted by molar-refractivity contribution is -0.142. The van der Waals surface area contributed by atoms with E-state index in [1.54, 1.807) is 39.0 Å². The first-order valence-electron chi connectivity index (χ1n) is 6.02. The summed E-state index contributed by atoms with van der Waals surface area (Å²) in [4.78, 5) is 23.3. The van der Waals surface area contributed by atoms with E-state index in [1.807, 2.05) is 6.92 Å². The SMILES string of the molecule is Cc1ccc(N)c(C(=O)NC(C(=O)O)C(C)(C)C)c1. The summed E-state index contributed by atoms with van der Waals surface area (Å²) in [5.41, 5.74) is 6.69. The van der Waals surface area contributed by atoms with Crippen molar-refractivity contribution in [2.24, 2.45) is 5.41 Å². The Kier molecular flexibility index (Phi) is 4.19. The Morgan fingerprint density at radius 3 is 2.37 bits per heavy atom. The van der Waals surface area contributed by atoms with Crippen molar-refractivity contribution < 1.29 is 14.7 Å². The number of anilines is 1. The Labute approximate surface area is 112 Å². The zero-order chi connectivity index (χ0) is 14.8. The third-order valence-electron chi connectivity index (χ3n) is 2.84. The van der Waals surface area contributed by atoms with Crippen LogP contribution < -0.4 is 11.1 Å². The number of rotatable bonds is 3. The fraction of sp³-hybridized carbons (Fsp3) is 0.429. The standard InChI is InChI=1S/C14H20N2O3/c1-8-5-6-10(15)9(7-8)12(17)16-11(13(18)19)14(2,3)4/h5-7,11H,15H2,1-4H3,(H,16,17)(H,18,19). The van der Waals surface area contributed by atoms with Crippen LogP contribution in [0.3, 0.4) is 0 Å². The third-order valence-corrected chi connectivity index (χ3v) is 2.84. The molecule has 0 aliphatic heterocycles. The number of carbonyl (C=O) groups excluding carboxylic acids is 1. The van der Waals surface area contributed by atoms with Gasteiger partial charge >= 0.3 is 5.97 Å². The molecular weight excluding hydrogens is 244 g/mol. The van der Waals surface area contributed by atoms with Gasteiger partial charge in [0.1, 0.15) is 6.04 Å². The van der Waals surface area contributed by atoms with E-state index in [0.29, 0.717) is 11.3 Å². The quantitative estimate of drug-likeness (QED) is 0.726. The van der Waals surface area contributed by atoms with Crippen LogP contribution in [-0.2, 0) is 4.79 Å². The first-order chi connectivity index (χ1) is 8.62. The summed E-state index contributed by atoms with van der Waals surface area (Å²) in [5.74, 6) is -1.53. The van der Waals surface area contributed by atoms with E-state index in [0.717, 1.165) is 5.56 Å². The van der Waals surface area contributed by atoms with E-state index in [-0.39, 0.29) is 0 Å². The zero-order valence-corrected chi connectivity index (χ0v) is 11.7. The summed E-state index contributed by atoms with van der Waals surface area (Å²) in [6.45, 7) is 7.11. The van der Waals surface area contributed by atoms with Gasteiger partial charge in [-0.25, -0.2) is 4.79 Å². The number of carboxylic acids is 1. The van der Waals surface area contributed by atoms with Crippen molar-refractivity contribution in [3.8, 4) is 0 Å². The van der Waals surface area contributed by atoms with Gasteiger partial charge in [-0.15, -0.1) is 0 Å². The molecule has 1 atom stereocenters. The number of nitrogen functional groups attached to an aromatic ring is 1. The largest absolute Gasteiger partial charge is 0.480 e. The summed E-state index contributed by atoms with van der Waals surface area (Å²) >= 11 is 0. The number of amides is 1. The molecule has 0 aliphatic carbocycles. The number of hydrogen-bond acceptors (Lipinski definition) is 3. The molecule has 0 aromatic heterocycles. The van der Waals surface area contributed by atoms with E-state index in [4.69, 9.17) is 5.73 Å². The van der Waals surface area contributed by atoms with Crippen LogP contribution in [0, 0.1) is 12.3 Å². The number of aliphatic carboxylic acids is 1. The molecule has 0 fully saturated rings. The topological polar surface area (TPSA) is 92.4 Å². The van der Waals surface area contributed by atoms with Crippen molar-refractivity contribution in [2.75, 3.05) is 5.73 Å². The van der Waals surface area contributed by atoms with Crippen molar-refractivity contribution in [3.63, 3.8) is 0 Å². The smallest absolute Gasteiger partial charge is 0.326 e. The molecule has 5 heteroatoms. The lowest BCUT2D eigenvalue weighted by atomic mass is 9.86. The molecule has 0 spiro atoms. The summed E-state index contributed by atoms with van der Waals surface area (Å²) in [7, 11) is 0. The molecule has 0 aliphatic rings. The van der Waals surface area contributed by atoms with Crippen molar-refractivity contribution in [1.82, 2.24) is 5.32 Å². The molecule has 0 saturated carbocycles. The van der Waals surface area contributed by atoms with Crippen LogP contribution >= 0.6 is 0 Å². The second kappa shape index (κ2) is 5.30. The normalized spacial score (nSPS) is 12.8. The molecule has 5 nitrogen and oxygen atoms in total. The molecule has 0 heterocycles. The number of hydrogen-bond donors (Lipinski definition) is 3. The Hall–Kier alpha value is -2.04. The predicted molar refractivity (Wildman–Crippen MR) is 73.9 cm³/mol. The van der Waals surface area contributed by atoms with Crippen LogP contribution in [-0.4, -0.2) is 23.0 Å². The molecule has 104 valence electrons. The van der Waals surface area contributed by atoms with Crippen LogP contribution in [0.15, 0.2) is 18.2 Å². The number of aryl methyl sites for hydroxylation is 1. The van der Waals surface area contributed by atoms with Crippen molar-refractivity contribution in [1.29, 1.82) is 0 Å². The molecule has 0 saturated heterocycles. The van der Waals surface area contributed by atoms with Crippen molar-refractivity contribution in [2.45, 2.75) is 33.7 Å². The Morgan fingerprint density at radius 1 is 1.32 bits per heavy atom. The lowest BCUT2D eigenvalue weighted by Crippen LogP contribution is -2.49. The fourth-order valence-electron chi connectivity index (χ4n) is 1.72. The van der Waals surface area contributed by atoms with Gasteiger partial charge in [0.15, 0.2) is 0 Å². The number of nitrogens with one attached hydrogen (secondary N) is 1. The van der Waals surface area contributed by atoms with E-state index in [2.05, 4.69) is 5.32 Å². The minimum atomic E-state index is -1.06. The highest BCUT2D eigenvalue weighted by atomic mass is 16.4. The number of carboxylic acid groups (broad SMARTS) is 1. The monoisotopic (exact) mass is 264 g/mol. The number of carbonyl (C=O) groups is 2. The number of nitrogens with two attached hydrogens (primary N) is 1. The molecule has 4 N–H and O–H groups in total. The fourth-order valence-corrected chi connectivity index (χ4v) is 1.72. The lowest BCUT2D eigenvalue weighted by Gasteiger charge is -2.28. The predicted octanol–water partition coefficient (Wildman–Crippen LogP) is 1.81. The summed E-state index contributed by atoms with van der Waals surface area (Å²) in [6.07, 6.45) is 0. The van der Waals surface area contributed by atoms with Crippen LogP contribution in [0.5, 0.6) is 0 Å². The molecule has 1 aromatic carbocycles. The van der Waals surface area contributed by atoms with Gasteiger partial charge in [0.2, 0.25) is 0 Å². The highest BCUT2D eigenvalue weighted by Gasteiger charge is 2.33. The Bertz CT molecular complexity index is 504. The van der Waals surface area contributed by atoms with Crippen LogP contribution in [0.25, 0.3) is 0 Å². The van der Waals surface area contributed by atoms with E-state index in [1.165, 1.54) is 0 Å². The van der Waals surface area contributed by atoms with Gasteiger partial charge in [-0.2, -0.15) is 0 Å². The van der Waals surface area contributed by atoms with Gasteiger partial charge in [-0.1, -0.05) is 32.4 Å². The highest BCUT2D eigenvalue weighted by molar-refractivity contribution is 6.01. The molecular formula is C14H20N2O3. The minimum Gasteiger partial charge on any atom is -0.480 e. The molecule has 0 radical (unpaired) electrons. The van der Waals surface area contributed by atoms with Gasteiger partial charge < -0.3 is 16.2 Å². The average molecular weight is 264 g/mol. The maximum Gasteiger partial charge on any atom is 0.326 e. The summed E-state index contributed by atoms with van der Waals surface area (Å²) in [6, 6.07) is 4.10. The Morgan fingerprint density at radius 2 is 1.89 bits per heavy atom. The van der Waals surface area contributed by atoms with Gasteiger partial charge in [0, 0.05) is 5.69 Å². The molecule has 19 heavy (non-hydrogen) atoms. The molecule has 1 aromatic rings. The van der Waals surface area contributed by atoms with Gasteiger partial charge in [0.25, 0.3) is 5.91 Å². The first-order valence-corrected chi connectivity index (χ1v) is 6.02. The minimum absolute atomic E-state index is 0.301. The van der Waals surface area contributed by atoms with Gasteiger partial charge in [0.05, 0.1) is 5.56 Å². The Balaban J connectivity index is 3.01. The first kappa shape index (κ1) is 15.0. The zero-order valence-electron chi connectivity index (χ0n) is 11.7. The second-order valence-corrected chi connectivity index (χ2v) is 5.70.